The number of carbonyl (C=O) groups excluding carboxylic acids is 2. The van der Waals surface area contributed by atoms with Gasteiger partial charge in [-0.25, -0.2) is 0 Å². The third-order valence-corrected chi connectivity index (χ3v) is 4.54. The predicted molar refractivity (Wildman–Crippen MR) is 126 cm³/mol. The van der Waals surface area contributed by atoms with Gasteiger partial charge in [0.05, 0.1) is 5.41 Å². The quantitative estimate of drug-likeness (QED) is 0.415. The highest BCUT2D eigenvalue weighted by Crippen LogP contribution is 2.19. The molecule has 8 heteroatoms. The molecule has 0 bridgehead atoms. The molecule has 8 nitrogen and oxygen atoms in total. The molecule has 0 aliphatic heterocycles. The molecular formula is C25H25N3O5. The van der Waals surface area contributed by atoms with Gasteiger partial charge in [0.15, 0.2) is 0 Å². The van der Waals surface area contributed by atoms with Gasteiger partial charge in [-0.1, -0.05) is 24.3 Å². The summed E-state index contributed by atoms with van der Waals surface area (Å²) in [5, 5.41) is 2.86. The highest BCUT2D eigenvalue weighted by molar-refractivity contribution is 5.88. The zero-order valence-electron chi connectivity index (χ0n) is 18.8. The van der Waals surface area contributed by atoms with Gasteiger partial charge in [-0.3, -0.25) is 19.2 Å². The molecule has 0 radical (unpaired) electrons. The van der Waals surface area contributed by atoms with E-state index in [1.54, 1.807) is 75.4 Å². The predicted octanol–water partition coefficient (Wildman–Crippen LogP) is 1.63. The van der Waals surface area contributed by atoms with Crippen molar-refractivity contribution in [2.24, 2.45) is 5.41 Å². The van der Waals surface area contributed by atoms with E-state index in [0.29, 0.717) is 22.6 Å². The van der Waals surface area contributed by atoms with E-state index in [4.69, 9.17) is 4.74 Å². The minimum Gasteiger partial charge on any atom is -0.426 e. The van der Waals surface area contributed by atoms with Gasteiger partial charge in [0.2, 0.25) is 5.91 Å². The van der Waals surface area contributed by atoms with Gasteiger partial charge >= 0.3 is 5.97 Å². The second-order valence-electron chi connectivity index (χ2n) is 8.54. The first kappa shape index (κ1) is 23.5. The number of hydrogen-bond donors (Lipinski definition) is 3. The number of rotatable bonds is 4. The van der Waals surface area contributed by atoms with Crippen LogP contribution >= 0.6 is 0 Å². The van der Waals surface area contributed by atoms with Crippen molar-refractivity contribution in [1.29, 1.82) is 0 Å². The summed E-state index contributed by atoms with van der Waals surface area (Å²) in [6.07, 6.45) is 3.07. The zero-order chi connectivity index (χ0) is 24.2. The minimum absolute atomic E-state index is 0.0950. The maximum absolute atomic E-state index is 12.5. The van der Waals surface area contributed by atoms with Crippen LogP contribution in [0.1, 0.15) is 38.8 Å². The summed E-state index contributed by atoms with van der Waals surface area (Å²) in [6.45, 7) is 6.71. The fraction of sp³-hybridized carbons (Fsp3) is 0.200. The van der Waals surface area contributed by atoms with E-state index in [1.807, 2.05) is 0 Å². The van der Waals surface area contributed by atoms with Crippen LogP contribution < -0.4 is 31.9 Å². The van der Waals surface area contributed by atoms with Gasteiger partial charge in [-0.15, -0.1) is 0 Å². The molecule has 3 rings (SSSR count). The van der Waals surface area contributed by atoms with E-state index >= 15 is 0 Å². The third-order valence-electron chi connectivity index (χ3n) is 4.54. The zero-order valence-corrected chi connectivity index (χ0v) is 18.8. The number of amides is 1. The molecule has 1 aromatic heterocycles. The number of esters is 1. The largest absolute Gasteiger partial charge is 0.426 e. The van der Waals surface area contributed by atoms with E-state index in [0.717, 1.165) is 0 Å². The Kier molecular flexibility index (Phi) is 6.77. The molecular weight excluding hydrogens is 422 g/mol. The summed E-state index contributed by atoms with van der Waals surface area (Å²) in [5.41, 5.74) is 0.427. The second kappa shape index (κ2) is 9.52. The van der Waals surface area contributed by atoms with Gasteiger partial charge in [0, 0.05) is 12.6 Å². The molecule has 0 aliphatic carbocycles. The summed E-state index contributed by atoms with van der Waals surface area (Å²) in [6, 6.07) is 13.4. The maximum Gasteiger partial charge on any atom is 0.316 e. The number of anilines is 1. The summed E-state index contributed by atoms with van der Waals surface area (Å²) < 4.78 is 5.32. The van der Waals surface area contributed by atoms with Gasteiger partial charge in [-0.05, 0) is 68.3 Å². The lowest BCUT2D eigenvalue weighted by Crippen LogP contribution is -2.46. The first-order chi connectivity index (χ1) is 15.5. The van der Waals surface area contributed by atoms with Crippen LogP contribution in [0.4, 0.5) is 5.69 Å². The SMILES string of the molecule is CC(=O)Nc1ccc(/C=c2\[nH]c(=O)/c(=C/c3ccc(OC(=O)C(C)(C)C)cc3)[nH]c2=O)cc1. The summed E-state index contributed by atoms with van der Waals surface area (Å²) in [7, 11) is 0. The van der Waals surface area contributed by atoms with Crippen LogP contribution in [-0.2, 0) is 9.59 Å². The molecule has 0 saturated carbocycles. The van der Waals surface area contributed by atoms with Crippen LogP contribution in [0.15, 0.2) is 58.1 Å². The number of aromatic amines is 2. The van der Waals surface area contributed by atoms with Crippen molar-refractivity contribution in [2.75, 3.05) is 5.32 Å². The molecule has 33 heavy (non-hydrogen) atoms. The van der Waals surface area contributed by atoms with E-state index in [2.05, 4.69) is 15.3 Å². The smallest absolute Gasteiger partial charge is 0.316 e. The summed E-state index contributed by atoms with van der Waals surface area (Å²) in [4.78, 5) is 53.2. The number of H-pyrrole nitrogens is 2. The standard InChI is InChI=1S/C25H25N3O5/c1-15(29)26-18-9-5-16(6-10-18)13-20-22(30)28-21(23(31)27-20)14-17-7-11-19(12-8-17)33-24(32)25(2,3)4/h5-14H,1-4H3,(H,26,29)(H,27,31)(H,28,30)/b20-13-,21-14-. The molecule has 0 saturated heterocycles. The number of aromatic nitrogens is 2. The Balaban J connectivity index is 1.86. The van der Waals surface area contributed by atoms with Crippen molar-refractivity contribution >= 4 is 29.7 Å². The second-order valence-corrected chi connectivity index (χ2v) is 8.54. The average molecular weight is 447 g/mol. The van der Waals surface area contributed by atoms with Crippen LogP contribution in [0, 0.1) is 5.41 Å². The molecule has 3 N–H and O–H groups in total. The van der Waals surface area contributed by atoms with Gasteiger partial charge in [0.1, 0.15) is 16.4 Å². The van der Waals surface area contributed by atoms with E-state index in [-0.39, 0.29) is 22.6 Å². The molecule has 0 unspecified atom stereocenters. The number of carbonyl (C=O) groups is 2. The van der Waals surface area contributed by atoms with Crippen LogP contribution in [-0.4, -0.2) is 21.8 Å². The Morgan fingerprint density at radius 2 is 1.27 bits per heavy atom. The average Bonchev–Trinajstić information content (AvgIpc) is 2.73. The van der Waals surface area contributed by atoms with E-state index in [9.17, 15) is 19.2 Å². The monoisotopic (exact) mass is 447 g/mol. The molecule has 2 aromatic carbocycles. The molecule has 1 amide bonds. The Bertz CT molecular complexity index is 1410. The van der Waals surface area contributed by atoms with Crippen molar-refractivity contribution in [2.45, 2.75) is 27.7 Å². The van der Waals surface area contributed by atoms with Crippen LogP contribution in [0.2, 0.25) is 0 Å². The van der Waals surface area contributed by atoms with E-state index in [1.165, 1.54) is 13.0 Å². The van der Waals surface area contributed by atoms with Crippen molar-refractivity contribution < 1.29 is 14.3 Å². The van der Waals surface area contributed by atoms with Crippen molar-refractivity contribution in [1.82, 2.24) is 9.97 Å². The van der Waals surface area contributed by atoms with Crippen molar-refractivity contribution in [3.8, 4) is 5.75 Å². The first-order valence-electron chi connectivity index (χ1n) is 10.3. The topological polar surface area (TPSA) is 121 Å². The molecule has 0 aliphatic rings. The normalized spacial score (nSPS) is 12.5. The van der Waals surface area contributed by atoms with E-state index < -0.39 is 16.5 Å². The van der Waals surface area contributed by atoms with Gasteiger partial charge in [-0.2, -0.15) is 0 Å². The third kappa shape index (κ3) is 6.39. The van der Waals surface area contributed by atoms with Gasteiger partial charge in [0.25, 0.3) is 11.1 Å². The highest BCUT2D eigenvalue weighted by atomic mass is 16.5. The minimum atomic E-state index is -0.621. The molecule has 0 atom stereocenters. The number of nitrogens with one attached hydrogen (secondary N) is 3. The van der Waals surface area contributed by atoms with Crippen molar-refractivity contribution in [3.63, 3.8) is 0 Å². The van der Waals surface area contributed by atoms with Crippen LogP contribution in [0.25, 0.3) is 12.2 Å². The van der Waals surface area contributed by atoms with Crippen LogP contribution in [0.5, 0.6) is 5.75 Å². The first-order valence-corrected chi connectivity index (χ1v) is 10.3. The Morgan fingerprint density at radius 3 is 1.70 bits per heavy atom. The number of benzene rings is 2. The Morgan fingerprint density at radius 1 is 0.818 bits per heavy atom. The fourth-order valence-electron chi connectivity index (χ4n) is 2.79. The summed E-state index contributed by atoms with van der Waals surface area (Å²) >= 11 is 0. The Labute approximate surface area is 189 Å². The maximum atomic E-state index is 12.5. The molecule has 1 heterocycles. The fourth-order valence-corrected chi connectivity index (χ4v) is 2.79. The molecule has 0 fully saturated rings. The number of ether oxygens (including phenoxy) is 1. The molecule has 0 spiro atoms. The lowest BCUT2D eigenvalue weighted by atomic mass is 9.97. The lowest BCUT2D eigenvalue weighted by molar-refractivity contribution is -0.143. The molecule has 3 aromatic rings. The summed E-state index contributed by atoms with van der Waals surface area (Å²) in [5.74, 6) is -0.138. The van der Waals surface area contributed by atoms with Gasteiger partial charge < -0.3 is 20.0 Å². The molecule has 170 valence electrons. The number of hydrogen-bond acceptors (Lipinski definition) is 5. The van der Waals surface area contributed by atoms with Crippen LogP contribution in [0.3, 0.4) is 0 Å². The van der Waals surface area contributed by atoms with Crippen molar-refractivity contribution in [3.05, 3.63) is 91.1 Å². The highest BCUT2D eigenvalue weighted by Gasteiger charge is 2.23. The lowest BCUT2D eigenvalue weighted by Gasteiger charge is -2.16. The Hall–Kier alpha value is -4.20.